The Kier molecular flexibility index (Phi) is 7.38. The van der Waals surface area contributed by atoms with E-state index in [0.29, 0.717) is 17.2 Å². The SMILES string of the molecule is COc1ccc(S(=O)(=O)N(CC(=O)Nc2cccc3ccccc23)C2CCCCC2)cc1OC. The number of fused-ring (bicyclic) bond motifs is 1. The normalized spacial score (nSPS) is 14.8. The predicted molar refractivity (Wildman–Crippen MR) is 133 cm³/mol. The third-order valence-electron chi connectivity index (χ3n) is 6.31. The van der Waals surface area contributed by atoms with Crippen molar-refractivity contribution in [2.45, 2.75) is 43.0 Å². The van der Waals surface area contributed by atoms with Gasteiger partial charge in [0.1, 0.15) is 0 Å². The predicted octanol–water partition coefficient (Wildman–Crippen LogP) is 4.82. The number of anilines is 1. The van der Waals surface area contributed by atoms with Gasteiger partial charge in [0.2, 0.25) is 15.9 Å². The summed E-state index contributed by atoms with van der Waals surface area (Å²) in [5.74, 6) is 0.401. The Bertz CT molecular complexity index is 1260. The molecule has 0 spiro atoms. The van der Waals surface area contributed by atoms with Crippen LogP contribution in [0, 0.1) is 0 Å². The summed E-state index contributed by atoms with van der Waals surface area (Å²) in [5, 5.41) is 4.84. The fraction of sp³-hybridized carbons (Fsp3) is 0.346. The molecule has 0 bridgehead atoms. The van der Waals surface area contributed by atoms with Gasteiger partial charge in [-0.1, -0.05) is 55.7 Å². The number of carbonyl (C=O) groups is 1. The average Bonchev–Trinajstić information content (AvgIpc) is 2.87. The van der Waals surface area contributed by atoms with Crippen molar-refractivity contribution in [3.63, 3.8) is 0 Å². The highest BCUT2D eigenvalue weighted by Crippen LogP contribution is 2.33. The molecule has 0 unspecified atom stereocenters. The van der Waals surface area contributed by atoms with Crippen molar-refractivity contribution in [3.05, 3.63) is 60.7 Å². The van der Waals surface area contributed by atoms with Gasteiger partial charge in [-0.05, 0) is 36.4 Å². The third-order valence-corrected chi connectivity index (χ3v) is 8.20. The van der Waals surface area contributed by atoms with Crippen molar-refractivity contribution < 1.29 is 22.7 Å². The van der Waals surface area contributed by atoms with Crippen molar-refractivity contribution in [1.29, 1.82) is 0 Å². The van der Waals surface area contributed by atoms with Gasteiger partial charge in [-0.3, -0.25) is 4.79 Å². The van der Waals surface area contributed by atoms with Gasteiger partial charge in [0.15, 0.2) is 11.5 Å². The second kappa shape index (κ2) is 10.4. The number of nitrogens with zero attached hydrogens (tertiary/aromatic N) is 1. The monoisotopic (exact) mass is 482 g/mol. The number of benzene rings is 3. The molecule has 1 N–H and O–H groups in total. The van der Waals surface area contributed by atoms with E-state index in [1.54, 1.807) is 6.07 Å². The van der Waals surface area contributed by atoms with Gasteiger partial charge in [0, 0.05) is 23.2 Å². The molecular formula is C26H30N2O5S. The highest BCUT2D eigenvalue weighted by atomic mass is 32.2. The first-order valence-corrected chi connectivity index (χ1v) is 12.9. The first kappa shape index (κ1) is 24.0. The fourth-order valence-electron chi connectivity index (χ4n) is 4.56. The minimum absolute atomic E-state index is 0.0775. The zero-order valence-corrected chi connectivity index (χ0v) is 20.3. The molecule has 0 saturated heterocycles. The molecule has 34 heavy (non-hydrogen) atoms. The molecule has 0 radical (unpaired) electrons. The Morgan fingerprint density at radius 2 is 1.65 bits per heavy atom. The molecule has 7 nitrogen and oxygen atoms in total. The molecule has 3 aromatic carbocycles. The largest absolute Gasteiger partial charge is 0.493 e. The lowest BCUT2D eigenvalue weighted by Gasteiger charge is -2.33. The van der Waals surface area contributed by atoms with Gasteiger partial charge in [-0.25, -0.2) is 8.42 Å². The Morgan fingerprint density at radius 1 is 0.941 bits per heavy atom. The highest BCUT2D eigenvalue weighted by molar-refractivity contribution is 7.89. The number of sulfonamides is 1. The lowest BCUT2D eigenvalue weighted by molar-refractivity contribution is -0.116. The van der Waals surface area contributed by atoms with E-state index >= 15 is 0 Å². The number of ether oxygens (including phenoxy) is 2. The van der Waals surface area contributed by atoms with Crippen LogP contribution in [-0.4, -0.2) is 45.4 Å². The van der Waals surface area contributed by atoms with E-state index in [0.717, 1.165) is 42.9 Å². The summed E-state index contributed by atoms with van der Waals surface area (Å²) in [4.78, 5) is 13.2. The molecule has 4 rings (SSSR count). The third kappa shape index (κ3) is 5.03. The summed E-state index contributed by atoms with van der Waals surface area (Å²) >= 11 is 0. The molecule has 1 amide bonds. The van der Waals surface area contributed by atoms with Gasteiger partial charge in [-0.2, -0.15) is 4.31 Å². The summed E-state index contributed by atoms with van der Waals surface area (Å²) in [6.07, 6.45) is 4.41. The van der Waals surface area contributed by atoms with E-state index in [-0.39, 0.29) is 23.4 Å². The van der Waals surface area contributed by atoms with Crippen molar-refractivity contribution in [2.75, 3.05) is 26.1 Å². The fourth-order valence-corrected chi connectivity index (χ4v) is 6.21. The summed E-state index contributed by atoms with van der Waals surface area (Å²) in [5.41, 5.74) is 0.662. The van der Waals surface area contributed by atoms with E-state index < -0.39 is 10.0 Å². The molecule has 3 aromatic rings. The number of hydrogen-bond donors (Lipinski definition) is 1. The van der Waals surface area contributed by atoms with Crippen molar-refractivity contribution >= 4 is 32.4 Å². The zero-order chi connectivity index (χ0) is 24.1. The zero-order valence-electron chi connectivity index (χ0n) is 19.5. The van der Waals surface area contributed by atoms with Crippen LogP contribution < -0.4 is 14.8 Å². The Balaban J connectivity index is 1.64. The van der Waals surface area contributed by atoms with Gasteiger partial charge in [0.25, 0.3) is 0 Å². The molecule has 1 aliphatic rings. The molecule has 1 saturated carbocycles. The van der Waals surface area contributed by atoms with Crippen LogP contribution in [0.1, 0.15) is 32.1 Å². The molecule has 1 fully saturated rings. The van der Waals surface area contributed by atoms with Crippen LogP contribution in [0.5, 0.6) is 11.5 Å². The maximum atomic E-state index is 13.7. The highest BCUT2D eigenvalue weighted by Gasteiger charge is 2.34. The van der Waals surface area contributed by atoms with Crippen LogP contribution in [0.3, 0.4) is 0 Å². The second-order valence-corrected chi connectivity index (χ2v) is 10.3. The Hall–Kier alpha value is -3.10. The Morgan fingerprint density at radius 3 is 2.38 bits per heavy atom. The van der Waals surface area contributed by atoms with Gasteiger partial charge < -0.3 is 14.8 Å². The van der Waals surface area contributed by atoms with E-state index in [1.807, 2.05) is 42.5 Å². The smallest absolute Gasteiger partial charge is 0.243 e. The number of nitrogens with one attached hydrogen (secondary N) is 1. The van der Waals surface area contributed by atoms with Gasteiger partial charge in [-0.15, -0.1) is 0 Å². The van der Waals surface area contributed by atoms with Crippen molar-refractivity contribution in [1.82, 2.24) is 4.31 Å². The maximum Gasteiger partial charge on any atom is 0.243 e. The molecule has 180 valence electrons. The van der Waals surface area contributed by atoms with Crippen molar-refractivity contribution in [2.24, 2.45) is 0 Å². The molecular weight excluding hydrogens is 452 g/mol. The van der Waals surface area contributed by atoms with Crippen LogP contribution in [0.4, 0.5) is 5.69 Å². The number of rotatable bonds is 8. The quantitative estimate of drug-likeness (QED) is 0.498. The van der Waals surface area contributed by atoms with Crippen LogP contribution in [-0.2, 0) is 14.8 Å². The molecule has 0 heterocycles. The van der Waals surface area contributed by atoms with E-state index in [4.69, 9.17) is 9.47 Å². The average molecular weight is 483 g/mol. The number of hydrogen-bond acceptors (Lipinski definition) is 5. The van der Waals surface area contributed by atoms with Crippen LogP contribution in [0.15, 0.2) is 65.6 Å². The van der Waals surface area contributed by atoms with Gasteiger partial charge in [0.05, 0.1) is 25.7 Å². The molecule has 8 heteroatoms. The first-order valence-electron chi connectivity index (χ1n) is 11.5. The number of amides is 1. The lowest BCUT2D eigenvalue weighted by Crippen LogP contribution is -2.45. The maximum absolute atomic E-state index is 13.7. The van der Waals surface area contributed by atoms with Crippen LogP contribution >= 0.6 is 0 Å². The molecule has 0 aliphatic heterocycles. The van der Waals surface area contributed by atoms with E-state index in [2.05, 4.69) is 5.32 Å². The topological polar surface area (TPSA) is 84.9 Å². The number of carbonyl (C=O) groups excluding carboxylic acids is 1. The van der Waals surface area contributed by atoms with E-state index in [9.17, 15) is 13.2 Å². The Labute approximate surface area is 200 Å². The summed E-state index contributed by atoms with van der Waals surface area (Å²) in [6, 6.07) is 17.7. The number of methoxy groups -OCH3 is 2. The standard InChI is InChI=1S/C26H30N2O5S/c1-32-24-16-15-21(17-25(24)33-2)34(30,31)28(20-11-4-3-5-12-20)18-26(29)27-23-14-8-10-19-9-6-7-13-22(19)23/h6-10,13-17,20H,3-5,11-12,18H2,1-2H3,(H,27,29). The minimum atomic E-state index is -3.95. The van der Waals surface area contributed by atoms with Crippen LogP contribution in [0.25, 0.3) is 10.8 Å². The summed E-state index contributed by atoms with van der Waals surface area (Å²) < 4.78 is 39.4. The minimum Gasteiger partial charge on any atom is -0.493 e. The van der Waals surface area contributed by atoms with Crippen LogP contribution in [0.2, 0.25) is 0 Å². The second-order valence-electron chi connectivity index (χ2n) is 8.43. The van der Waals surface area contributed by atoms with Gasteiger partial charge >= 0.3 is 0 Å². The molecule has 0 atom stereocenters. The lowest BCUT2D eigenvalue weighted by atomic mass is 9.95. The summed E-state index contributed by atoms with van der Waals surface area (Å²) in [6.45, 7) is -0.259. The van der Waals surface area contributed by atoms with Crippen molar-refractivity contribution in [3.8, 4) is 11.5 Å². The molecule has 0 aromatic heterocycles. The molecule has 1 aliphatic carbocycles. The first-order chi connectivity index (χ1) is 16.4. The van der Waals surface area contributed by atoms with E-state index in [1.165, 1.54) is 30.7 Å². The summed E-state index contributed by atoms with van der Waals surface area (Å²) in [7, 11) is -0.990.